The van der Waals surface area contributed by atoms with Crippen LogP contribution in [0.15, 0.2) is 52.5 Å². The van der Waals surface area contributed by atoms with Gasteiger partial charge < -0.3 is 46.1 Å². The molecule has 1 heterocycles. The number of benzene rings is 2. The van der Waals surface area contributed by atoms with E-state index >= 15 is 0 Å². The molecular weight excluding hydrogens is 686 g/mol. The van der Waals surface area contributed by atoms with E-state index in [1.54, 1.807) is 26.2 Å². The number of aromatic hydroxyl groups is 2. The number of phenols is 2. The fraction of sp³-hybridized carbons (Fsp3) is 0.537. The topological polar surface area (TPSA) is 184 Å². The van der Waals surface area contributed by atoms with Crippen molar-refractivity contribution >= 4 is 23.4 Å². The molecule has 0 amide bonds. The van der Waals surface area contributed by atoms with E-state index in [2.05, 4.69) is 43.2 Å². The standard InChI is InChI=1S/C41H57N7O6/c1-43-26-40(18-15-28(24-40)16-20-53-27-47-38(42)44-2)54-35-22-29-9-5-6-12-36(50)41(25-30-13-14-33(49)34(23-30)52-4)17-7-10-31(41)11-8-19-46-39(45-3)48-32(21-29)37(35)51/h6,12-14,21-23,28,31,43,49,51H,5,7,9-11,15-18,20,24-27H2,1-4H3,(H3,42,44,47)(H2,45,46,48)/b12-6+/t28-,31+,40-,41-/m1/s1. The van der Waals surface area contributed by atoms with Gasteiger partial charge in [-0.05, 0) is 118 Å². The maximum atomic E-state index is 14.2. The number of nitrogens with one attached hydrogen (secondary N) is 4. The smallest absolute Gasteiger partial charge is 0.207 e. The van der Waals surface area contributed by atoms with Crippen LogP contribution >= 0.6 is 0 Å². The molecule has 13 heteroatoms. The first kappa shape index (κ1) is 40.3. The fourth-order valence-corrected chi connectivity index (χ4v) is 8.23. The van der Waals surface area contributed by atoms with Crippen molar-refractivity contribution in [3.05, 3.63) is 53.6 Å². The summed E-state index contributed by atoms with van der Waals surface area (Å²) in [7, 11) is 6.71. The summed E-state index contributed by atoms with van der Waals surface area (Å²) < 4.78 is 17.9. The van der Waals surface area contributed by atoms with Crippen LogP contribution in [-0.4, -0.2) is 81.7 Å². The first-order valence-corrected chi connectivity index (χ1v) is 18.9. The lowest BCUT2D eigenvalue weighted by Gasteiger charge is -2.33. The molecule has 3 aliphatic rings. The molecule has 4 atom stereocenters. The van der Waals surface area contributed by atoms with E-state index in [1.807, 2.05) is 37.4 Å². The van der Waals surface area contributed by atoms with Crippen LogP contribution in [0.1, 0.15) is 68.9 Å². The summed E-state index contributed by atoms with van der Waals surface area (Å²) in [5.41, 5.74) is 6.86. The normalized spacial score (nSPS) is 25.9. The minimum absolute atomic E-state index is 0.00777. The first-order valence-electron chi connectivity index (χ1n) is 18.9. The summed E-state index contributed by atoms with van der Waals surface area (Å²) in [6.07, 6.45) is 12.0. The van der Waals surface area contributed by atoms with Gasteiger partial charge in [-0.3, -0.25) is 20.1 Å². The second kappa shape index (κ2) is 18.9. The van der Waals surface area contributed by atoms with Gasteiger partial charge in [0, 0.05) is 45.1 Å². The number of aliphatic imine (C=N–C) groups is 2. The van der Waals surface area contributed by atoms with Crippen LogP contribution in [0.3, 0.4) is 0 Å². The summed E-state index contributed by atoms with van der Waals surface area (Å²) in [6.45, 7) is 1.50. The van der Waals surface area contributed by atoms with E-state index in [9.17, 15) is 15.0 Å². The monoisotopic (exact) mass is 743 g/mol. The SMILES string of the molecule is CN=C(N)NCOCC[C@H]1CC[C@@](CNC)(Oc2cc3cc(c2O)NC(=NC)NC#CC[C@@H]2CCC[C@]2(Cc2ccc(O)c(OC)c2)C(=O)/C=C/CC3)C1. The van der Waals surface area contributed by atoms with Gasteiger partial charge in [0.1, 0.15) is 12.3 Å². The maximum absolute atomic E-state index is 14.2. The number of hydrogen-bond acceptors (Lipinski definition) is 9. The number of ether oxygens (including phenoxy) is 3. The number of nitrogens with two attached hydrogens (primary N) is 1. The third-order valence-electron chi connectivity index (χ3n) is 11.1. The third-order valence-corrected chi connectivity index (χ3v) is 11.1. The Morgan fingerprint density at radius 1 is 1.15 bits per heavy atom. The van der Waals surface area contributed by atoms with Crippen LogP contribution in [0.25, 0.3) is 0 Å². The van der Waals surface area contributed by atoms with Gasteiger partial charge in [-0.2, -0.15) is 0 Å². The Balaban J connectivity index is 1.37. The van der Waals surface area contributed by atoms with Gasteiger partial charge in [0.15, 0.2) is 34.7 Å². The number of aryl methyl sites for hydroxylation is 1. The Kier molecular flexibility index (Phi) is 14.1. The molecule has 2 aromatic carbocycles. The number of ketones is 1. The maximum Gasteiger partial charge on any atom is 0.207 e. The van der Waals surface area contributed by atoms with Crippen molar-refractivity contribution in [1.29, 1.82) is 0 Å². The summed E-state index contributed by atoms with van der Waals surface area (Å²) in [5.74, 6) is 5.35. The van der Waals surface area contributed by atoms with Gasteiger partial charge in [-0.1, -0.05) is 24.5 Å². The number of nitrogens with zero attached hydrogens (tertiary/aromatic N) is 2. The Labute approximate surface area is 319 Å². The molecule has 1 aliphatic heterocycles. The van der Waals surface area contributed by atoms with Crippen molar-refractivity contribution in [3.63, 3.8) is 0 Å². The van der Waals surface area contributed by atoms with Crippen LogP contribution in [0.2, 0.25) is 0 Å². The molecule has 0 radical (unpaired) electrons. The van der Waals surface area contributed by atoms with Crippen LogP contribution in [0.4, 0.5) is 5.69 Å². The molecule has 0 aromatic heterocycles. The zero-order valence-electron chi connectivity index (χ0n) is 32.1. The van der Waals surface area contributed by atoms with Crippen LogP contribution in [-0.2, 0) is 22.4 Å². The number of hydrogen-bond donors (Lipinski definition) is 7. The minimum atomic E-state index is -0.626. The second-order valence-corrected chi connectivity index (χ2v) is 14.6. The molecule has 2 bridgehead atoms. The molecule has 2 aliphatic carbocycles. The number of carbonyl (C=O) groups excluding carboxylic acids is 1. The predicted molar refractivity (Wildman–Crippen MR) is 212 cm³/mol. The summed E-state index contributed by atoms with van der Waals surface area (Å²) in [4.78, 5) is 22.5. The molecule has 2 fully saturated rings. The Hall–Kier alpha value is -4.93. The molecule has 2 aromatic rings. The van der Waals surface area contributed by atoms with Crippen molar-refractivity contribution in [2.24, 2.45) is 33.0 Å². The van der Waals surface area contributed by atoms with E-state index in [1.165, 1.54) is 7.11 Å². The summed E-state index contributed by atoms with van der Waals surface area (Å²) in [5, 5.41) is 34.3. The van der Waals surface area contributed by atoms with E-state index in [0.29, 0.717) is 80.6 Å². The van der Waals surface area contributed by atoms with Gasteiger partial charge in [-0.25, -0.2) is 0 Å². The number of likely N-dealkylation sites (N-methyl/N-ethyl adjacent to an activating group) is 1. The zero-order chi connectivity index (χ0) is 38.6. The molecule has 292 valence electrons. The second-order valence-electron chi connectivity index (χ2n) is 14.6. The lowest BCUT2D eigenvalue weighted by atomic mass is 9.69. The number of allylic oxidation sites excluding steroid dienone is 2. The fourth-order valence-electron chi connectivity index (χ4n) is 8.23. The number of phenolic OH excluding ortho intramolecular Hbond substituents is 2. The average molecular weight is 744 g/mol. The average Bonchev–Trinajstić information content (AvgIpc) is 3.77. The highest BCUT2D eigenvalue weighted by atomic mass is 16.5. The molecule has 8 N–H and O–H groups in total. The van der Waals surface area contributed by atoms with Gasteiger partial charge in [0.25, 0.3) is 0 Å². The molecular formula is C41H57N7O6. The molecule has 0 spiro atoms. The molecule has 0 saturated heterocycles. The molecule has 54 heavy (non-hydrogen) atoms. The van der Waals surface area contributed by atoms with E-state index < -0.39 is 11.0 Å². The van der Waals surface area contributed by atoms with Gasteiger partial charge in [-0.15, -0.1) is 0 Å². The van der Waals surface area contributed by atoms with Crippen LogP contribution < -0.4 is 36.5 Å². The minimum Gasteiger partial charge on any atom is -0.504 e. The number of carbonyl (C=O) groups is 1. The van der Waals surface area contributed by atoms with Crippen molar-refractivity contribution in [2.75, 3.05) is 53.5 Å². The lowest BCUT2D eigenvalue weighted by molar-refractivity contribution is -0.125. The number of anilines is 1. The first-order chi connectivity index (χ1) is 26.1. The Morgan fingerprint density at radius 3 is 2.78 bits per heavy atom. The van der Waals surface area contributed by atoms with Crippen molar-refractivity contribution < 1.29 is 29.2 Å². The quantitative estimate of drug-likeness (QED) is 0.0404. The van der Waals surface area contributed by atoms with Gasteiger partial charge in [0.2, 0.25) is 5.96 Å². The highest BCUT2D eigenvalue weighted by Gasteiger charge is 2.47. The van der Waals surface area contributed by atoms with E-state index in [4.69, 9.17) is 19.9 Å². The largest absolute Gasteiger partial charge is 0.504 e. The van der Waals surface area contributed by atoms with Crippen LogP contribution in [0.5, 0.6) is 23.0 Å². The summed E-state index contributed by atoms with van der Waals surface area (Å²) >= 11 is 0. The van der Waals surface area contributed by atoms with E-state index in [0.717, 1.165) is 56.1 Å². The molecule has 2 saturated carbocycles. The summed E-state index contributed by atoms with van der Waals surface area (Å²) in [6, 6.07) is 12.1. The van der Waals surface area contributed by atoms with Gasteiger partial charge in [0.05, 0.1) is 12.8 Å². The van der Waals surface area contributed by atoms with Crippen molar-refractivity contribution in [3.8, 4) is 35.0 Å². The number of rotatable bonds is 12. The highest BCUT2D eigenvalue weighted by Crippen LogP contribution is 2.49. The third kappa shape index (κ3) is 9.98. The lowest BCUT2D eigenvalue weighted by Crippen LogP contribution is -2.42. The zero-order valence-corrected chi connectivity index (χ0v) is 32.1. The molecule has 5 rings (SSSR count). The van der Waals surface area contributed by atoms with Crippen LogP contribution in [0, 0.1) is 29.2 Å². The van der Waals surface area contributed by atoms with Gasteiger partial charge >= 0.3 is 0 Å². The molecule has 13 nitrogen and oxygen atoms in total. The van der Waals surface area contributed by atoms with E-state index in [-0.39, 0.29) is 23.2 Å². The molecule has 0 unspecified atom stereocenters. The number of fused-ring (bicyclic) bond motifs is 3. The highest BCUT2D eigenvalue weighted by molar-refractivity contribution is 5.97. The van der Waals surface area contributed by atoms with Crippen molar-refractivity contribution in [2.45, 2.75) is 76.2 Å². The Morgan fingerprint density at radius 2 is 2.00 bits per heavy atom. The Bertz CT molecular complexity index is 1770. The number of methoxy groups -OCH3 is 1. The predicted octanol–water partition coefficient (Wildman–Crippen LogP) is 4.58. The van der Waals surface area contributed by atoms with Crippen molar-refractivity contribution in [1.82, 2.24) is 16.0 Å². The number of guanidine groups is 2.